The summed E-state index contributed by atoms with van der Waals surface area (Å²) in [4.78, 5) is 13.6. The molecule has 1 aromatic carbocycles. The van der Waals surface area contributed by atoms with Crippen molar-refractivity contribution in [2.24, 2.45) is 0 Å². The van der Waals surface area contributed by atoms with Gasteiger partial charge in [0.25, 0.3) is 5.91 Å². The molecule has 1 unspecified atom stereocenters. The smallest absolute Gasteiger partial charge is 0.255 e. The lowest BCUT2D eigenvalue weighted by molar-refractivity contribution is -0.000178. The number of likely N-dealkylation sites (N-methyl/N-ethyl adjacent to an activating group) is 1. The Kier molecular flexibility index (Phi) is 4.54. The molecule has 110 valence electrons. The Hall–Kier alpha value is -1.69. The average Bonchev–Trinajstić information content (AvgIpc) is 2.43. The third-order valence-corrected chi connectivity index (χ3v) is 3.42. The first-order chi connectivity index (χ1) is 9.49. The minimum atomic E-state index is -1.08. The molecule has 0 spiro atoms. The third-order valence-electron chi connectivity index (χ3n) is 3.42. The van der Waals surface area contributed by atoms with Gasteiger partial charge in [0.1, 0.15) is 0 Å². The lowest BCUT2D eigenvalue weighted by atomic mass is 10.1. The zero-order chi connectivity index (χ0) is 14.7. The van der Waals surface area contributed by atoms with Crippen LogP contribution in [0.15, 0.2) is 12.1 Å². The van der Waals surface area contributed by atoms with Crippen LogP contribution in [-0.4, -0.2) is 37.1 Å². The Morgan fingerprint density at radius 1 is 1.40 bits per heavy atom. The summed E-state index contributed by atoms with van der Waals surface area (Å²) in [6.45, 7) is 1.11. The third kappa shape index (κ3) is 3.25. The van der Waals surface area contributed by atoms with E-state index in [9.17, 15) is 13.6 Å². The molecule has 1 aromatic rings. The molecule has 20 heavy (non-hydrogen) atoms. The highest BCUT2D eigenvalue weighted by molar-refractivity contribution is 5.99. The molecular weight excluding hydrogens is 266 g/mol. The van der Waals surface area contributed by atoms with Crippen LogP contribution in [0.25, 0.3) is 0 Å². The number of rotatable bonds is 3. The van der Waals surface area contributed by atoms with Gasteiger partial charge in [0.05, 0.1) is 11.7 Å². The lowest BCUT2D eigenvalue weighted by Gasteiger charge is -2.27. The zero-order valence-corrected chi connectivity index (χ0v) is 11.4. The van der Waals surface area contributed by atoms with E-state index in [2.05, 4.69) is 0 Å². The SMILES string of the molecule is CN(CC1CCCCO1)C(=O)c1cc(F)c(F)cc1N. The normalized spacial score (nSPS) is 18.9. The van der Waals surface area contributed by atoms with Gasteiger partial charge in [-0.1, -0.05) is 0 Å². The summed E-state index contributed by atoms with van der Waals surface area (Å²) in [6.07, 6.45) is 2.99. The number of hydrogen-bond donors (Lipinski definition) is 1. The van der Waals surface area contributed by atoms with Gasteiger partial charge in [-0.15, -0.1) is 0 Å². The standard InChI is InChI=1S/C14H18F2N2O2/c1-18(8-9-4-2-3-5-20-9)14(19)10-6-11(15)12(16)7-13(10)17/h6-7,9H,2-5,8,17H2,1H3. The second-order valence-corrected chi connectivity index (χ2v) is 5.03. The van der Waals surface area contributed by atoms with Crippen molar-refractivity contribution in [1.29, 1.82) is 0 Å². The molecule has 0 bridgehead atoms. The van der Waals surface area contributed by atoms with Gasteiger partial charge in [-0.3, -0.25) is 4.79 Å². The van der Waals surface area contributed by atoms with E-state index in [1.807, 2.05) is 0 Å². The molecule has 1 fully saturated rings. The summed E-state index contributed by atoms with van der Waals surface area (Å²) in [7, 11) is 1.60. The number of nitrogen functional groups attached to an aromatic ring is 1. The van der Waals surface area contributed by atoms with Crippen LogP contribution in [0.5, 0.6) is 0 Å². The van der Waals surface area contributed by atoms with Crippen molar-refractivity contribution in [3.8, 4) is 0 Å². The van der Waals surface area contributed by atoms with Gasteiger partial charge in [0, 0.05) is 32.0 Å². The number of nitrogens with two attached hydrogens (primary N) is 1. The maximum atomic E-state index is 13.2. The predicted molar refractivity (Wildman–Crippen MR) is 71.3 cm³/mol. The highest BCUT2D eigenvalue weighted by Crippen LogP contribution is 2.20. The number of carbonyl (C=O) groups excluding carboxylic acids is 1. The molecular formula is C14H18F2N2O2. The minimum Gasteiger partial charge on any atom is -0.398 e. The summed E-state index contributed by atoms with van der Waals surface area (Å²) in [5.74, 6) is -2.57. The molecule has 1 aliphatic heterocycles. The summed E-state index contributed by atoms with van der Waals surface area (Å²) >= 11 is 0. The van der Waals surface area contributed by atoms with Gasteiger partial charge < -0.3 is 15.4 Å². The molecule has 0 aromatic heterocycles. The topological polar surface area (TPSA) is 55.6 Å². The van der Waals surface area contributed by atoms with E-state index in [0.717, 1.165) is 31.4 Å². The number of carbonyl (C=O) groups is 1. The van der Waals surface area contributed by atoms with E-state index in [-0.39, 0.29) is 17.4 Å². The van der Waals surface area contributed by atoms with Gasteiger partial charge in [0.15, 0.2) is 11.6 Å². The minimum absolute atomic E-state index is 0.00998. The van der Waals surface area contributed by atoms with Crippen molar-refractivity contribution in [2.75, 3.05) is 25.9 Å². The van der Waals surface area contributed by atoms with Gasteiger partial charge >= 0.3 is 0 Å². The second kappa shape index (κ2) is 6.17. The van der Waals surface area contributed by atoms with Crippen molar-refractivity contribution in [2.45, 2.75) is 25.4 Å². The van der Waals surface area contributed by atoms with Crippen LogP contribution >= 0.6 is 0 Å². The first kappa shape index (κ1) is 14.7. The Bertz CT molecular complexity index is 502. The lowest BCUT2D eigenvalue weighted by Crippen LogP contribution is -2.37. The fourth-order valence-electron chi connectivity index (χ4n) is 2.29. The van der Waals surface area contributed by atoms with E-state index in [0.29, 0.717) is 13.2 Å². The molecule has 4 nitrogen and oxygen atoms in total. The van der Waals surface area contributed by atoms with Crippen molar-refractivity contribution in [1.82, 2.24) is 4.90 Å². The van der Waals surface area contributed by atoms with Crippen LogP contribution in [0.2, 0.25) is 0 Å². The van der Waals surface area contributed by atoms with Crippen molar-refractivity contribution >= 4 is 11.6 Å². The summed E-state index contributed by atoms with van der Waals surface area (Å²) in [6, 6.07) is 1.67. The fraction of sp³-hybridized carbons (Fsp3) is 0.500. The Labute approximate surface area is 116 Å². The highest BCUT2D eigenvalue weighted by atomic mass is 19.2. The molecule has 2 rings (SSSR count). The van der Waals surface area contributed by atoms with Gasteiger partial charge in [-0.2, -0.15) is 0 Å². The number of amides is 1. The van der Waals surface area contributed by atoms with E-state index < -0.39 is 17.5 Å². The number of benzene rings is 1. The van der Waals surface area contributed by atoms with Crippen molar-refractivity contribution in [3.05, 3.63) is 29.3 Å². The molecule has 1 aliphatic rings. The quantitative estimate of drug-likeness (QED) is 0.866. The van der Waals surface area contributed by atoms with Crippen LogP contribution in [0.3, 0.4) is 0 Å². The van der Waals surface area contributed by atoms with E-state index in [1.165, 1.54) is 4.90 Å². The Morgan fingerprint density at radius 2 is 2.10 bits per heavy atom. The maximum Gasteiger partial charge on any atom is 0.255 e. The van der Waals surface area contributed by atoms with Crippen LogP contribution in [0, 0.1) is 11.6 Å². The molecule has 0 aliphatic carbocycles. The van der Waals surface area contributed by atoms with Crippen LogP contribution in [-0.2, 0) is 4.74 Å². The number of halogens is 2. The molecule has 1 amide bonds. The van der Waals surface area contributed by atoms with Gasteiger partial charge in [-0.25, -0.2) is 8.78 Å². The summed E-state index contributed by atoms with van der Waals surface area (Å²) in [5.41, 5.74) is 5.49. The first-order valence-electron chi connectivity index (χ1n) is 6.60. The Morgan fingerprint density at radius 3 is 2.75 bits per heavy atom. The largest absolute Gasteiger partial charge is 0.398 e. The molecule has 1 atom stereocenters. The Balaban J connectivity index is 2.08. The monoisotopic (exact) mass is 284 g/mol. The van der Waals surface area contributed by atoms with Crippen molar-refractivity contribution < 1.29 is 18.3 Å². The molecule has 1 heterocycles. The van der Waals surface area contributed by atoms with E-state index >= 15 is 0 Å². The van der Waals surface area contributed by atoms with Gasteiger partial charge in [-0.05, 0) is 25.3 Å². The molecule has 6 heteroatoms. The number of ether oxygens (including phenoxy) is 1. The fourth-order valence-corrected chi connectivity index (χ4v) is 2.29. The number of nitrogens with zero attached hydrogens (tertiary/aromatic N) is 1. The van der Waals surface area contributed by atoms with Crippen LogP contribution < -0.4 is 5.73 Å². The molecule has 0 radical (unpaired) electrons. The number of hydrogen-bond acceptors (Lipinski definition) is 3. The number of anilines is 1. The van der Waals surface area contributed by atoms with Crippen molar-refractivity contribution in [3.63, 3.8) is 0 Å². The first-order valence-corrected chi connectivity index (χ1v) is 6.60. The predicted octanol–water partition coefficient (Wildman–Crippen LogP) is 2.19. The highest BCUT2D eigenvalue weighted by Gasteiger charge is 2.22. The molecule has 2 N–H and O–H groups in total. The maximum absolute atomic E-state index is 13.2. The summed E-state index contributed by atoms with van der Waals surface area (Å²) in [5, 5.41) is 0. The van der Waals surface area contributed by atoms with Crippen LogP contribution in [0.1, 0.15) is 29.6 Å². The zero-order valence-electron chi connectivity index (χ0n) is 11.4. The molecule has 0 saturated carbocycles. The van der Waals surface area contributed by atoms with Crippen LogP contribution in [0.4, 0.5) is 14.5 Å². The van der Waals surface area contributed by atoms with E-state index in [1.54, 1.807) is 7.05 Å². The van der Waals surface area contributed by atoms with E-state index in [4.69, 9.17) is 10.5 Å². The molecule has 1 saturated heterocycles. The second-order valence-electron chi connectivity index (χ2n) is 5.03. The summed E-state index contributed by atoms with van der Waals surface area (Å²) < 4.78 is 31.8. The van der Waals surface area contributed by atoms with Gasteiger partial charge in [0.2, 0.25) is 0 Å². The average molecular weight is 284 g/mol.